The van der Waals surface area contributed by atoms with Crippen LogP contribution in [0, 0.1) is 6.92 Å². The Hall–Kier alpha value is -0.990. The van der Waals surface area contributed by atoms with Crippen molar-refractivity contribution in [1.82, 2.24) is 0 Å². The molecular weight excluding hydrogens is 252 g/mol. The zero-order valence-electron chi connectivity index (χ0n) is 9.94. The highest BCUT2D eigenvalue weighted by Gasteiger charge is 2.11. The van der Waals surface area contributed by atoms with Crippen LogP contribution < -0.4 is 4.74 Å². The molecule has 0 aliphatic carbocycles. The van der Waals surface area contributed by atoms with Gasteiger partial charge in [0.2, 0.25) is 0 Å². The lowest BCUT2D eigenvalue weighted by Crippen LogP contribution is -1.94. The summed E-state index contributed by atoms with van der Waals surface area (Å²) in [7, 11) is 1.68. The smallest absolute Gasteiger partial charge is 0.119 e. The summed E-state index contributed by atoms with van der Waals surface area (Å²) in [6.07, 6.45) is 0.832. The molecule has 0 bridgehead atoms. The molecule has 1 aromatic carbocycles. The van der Waals surface area contributed by atoms with Crippen molar-refractivity contribution in [3.05, 3.63) is 51.7 Å². The van der Waals surface area contributed by atoms with Gasteiger partial charge in [-0.15, -0.1) is 22.9 Å². The average Bonchev–Trinajstić information content (AvgIpc) is 2.76. The van der Waals surface area contributed by atoms with Crippen molar-refractivity contribution in [1.29, 1.82) is 0 Å². The highest BCUT2D eigenvalue weighted by molar-refractivity contribution is 7.12. The molecule has 2 rings (SSSR count). The molecule has 0 amide bonds. The minimum Gasteiger partial charge on any atom is -0.497 e. The predicted octanol–water partition coefficient (Wildman–Crippen LogP) is 4.59. The van der Waals surface area contributed by atoms with Crippen molar-refractivity contribution >= 4 is 22.9 Å². The van der Waals surface area contributed by atoms with Gasteiger partial charge in [0.25, 0.3) is 0 Å². The van der Waals surface area contributed by atoms with E-state index in [-0.39, 0.29) is 5.38 Å². The van der Waals surface area contributed by atoms with E-state index in [2.05, 4.69) is 25.1 Å². The normalized spacial score (nSPS) is 12.4. The molecule has 90 valence electrons. The van der Waals surface area contributed by atoms with E-state index in [0.717, 1.165) is 12.2 Å². The van der Waals surface area contributed by atoms with E-state index in [4.69, 9.17) is 16.3 Å². The van der Waals surface area contributed by atoms with Crippen molar-refractivity contribution in [2.45, 2.75) is 18.7 Å². The molecule has 1 unspecified atom stereocenters. The highest BCUT2D eigenvalue weighted by Crippen LogP contribution is 2.31. The first-order valence-corrected chi connectivity index (χ1v) is 6.77. The SMILES string of the molecule is COc1cccc(CC(Cl)c2ccc(C)s2)c1. The molecule has 1 nitrogen and oxygen atoms in total. The summed E-state index contributed by atoms with van der Waals surface area (Å²) < 4.78 is 5.21. The Morgan fingerprint density at radius 3 is 2.76 bits per heavy atom. The van der Waals surface area contributed by atoms with Crippen molar-refractivity contribution in [2.24, 2.45) is 0 Å². The zero-order chi connectivity index (χ0) is 12.3. The number of halogens is 1. The van der Waals surface area contributed by atoms with E-state index in [1.54, 1.807) is 18.4 Å². The van der Waals surface area contributed by atoms with Gasteiger partial charge in [-0.05, 0) is 43.2 Å². The Morgan fingerprint density at radius 2 is 2.12 bits per heavy atom. The summed E-state index contributed by atoms with van der Waals surface area (Å²) in [4.78, 5) is 2.53. The van der Waals surface area contributed by atoms with E-state index in [9.17, 15) is 0 Å². The quantitative estimate of drug-likeness (QED) is 0.736. The van der Waals surface area contributed by atoms with E-state index < -0.39 is 0 Å². The number of methoxy groups -OCH3 is 1. The first-order chi connectivity index (χ1) is 8.19. The van der Waals surface area contributed by atoms with Gasteiger partial charge in [-0.3, -0.25) is 0 Å². The van der Waals surface area contributed by atoms with Gasteiger partial charge in [-0.1, -0.05) is 12.1 Å². The maximum absolute atomic E-state index is 6.42. The van der Waals surface area contributed by atoms with Crippen molar-refractivity contribution in [3.8, 4) is 5.75 Å². The molecule has 3 heteroatoms. The van der Waals surface area contributed by atoms with Gasteiger partial charge in [0, 0.05) is 9.75 Å². The molecule has 2 aromatic rings. The van der Waals surface area contributed by atoms with Gasteiger partial charge in [0.05, 0.1) is 12.5 Å². The molecule has 1 atom stereocenters. The van der Waals surface area contributed by atoms with E-state index in [1.807, 2.05) is 18.2 Å². The van der Waals surface area contributed by atoms with Gasteiger partial charge in [0.1, 0.15) is 5.75 Å². The Morgan fingerprint density at radius 1 is 1.29 bits per heavy atom. The van der Waals surface area contributed by atoms with Crippen LogP contribution in [0.15, 0.2) is 36.4 Å². The monoisotopic (exact) mass is 266 g/mol. The highest BCUT2D eigenvalue weighted by atomic mass is 35.5. The maximum Gasteiger partial charge on any atom is 0.119 e. The first kappa shape index (κ1) is 12.5. The van der Waals surface area contributed by atoms with Gasteiger partial charge >= 0.3 is 0 Å². The topological polar surface area (TPSA) is 9.23 Å². The fraction of sp³-hybridized carbons (Fsp3) is 0.286. The van der Waals surface area contributed by atoms with Crippen LogP contribution in [0.5, 0.6) is 5.75 Å². The van der Waals surface area contributed by atoms with E-state index >= 15 is 0 Å². The van der Waals surface area contributed by atoms with Crippen LogP contribution in [0.25, 0.3) is 0 Å². The maximum atomic E-state index is 6.42. The molecule has 0 aliphatic rings. The average molecular weight is 267 g/mol. The third-order valence-corrected chi connectivity index (χ3v) is 4.25. The third kappa shape index (κ3) is 3.24. The predicted molar refractivity (Wildman–Crippen MR) is 74.3 cm³/mol. The number of thiophene rings is 1. The van der Waals surface area contributed by atoms with Crippen LogP contribution >= 0.6 is 22.9 Å². The van der Waals surface area contributed by atoms with Crippen LogP contribution in [0.2, 0.25) is 0 Å². The first-order valence-electron chi connectivity index (χ1n) is 5.52. The second-order valence-corrected chi connectivity index (χ2v) is 5.82. The molecule has 0 saturated heterocycles. The fourth-order valence-corrected chi connectivity index (χ4v) is 2.97. The number of alkyl halides is 1. The third-order valence-electron chi connectivity index (χ3n) is 2.62. The fourth-order valence-electron chi connectivity index (χ4n) is 1.73. The van der Waals surface area contributed by atoms with Crippen LogP contribution in [0.1, 0.15) is 20.7 Å². The molecular formula is C14H15ClOS. The summed E-state index contributed by atoms with van der Waals surface area (Å²) in [5.41, 5.74) is 1.20. The number of ether oxygens (including phenoxy) is 1. The summed E-state index contributed by atoms with van der Waals surface area (Å²) in [5, 5.41) is 0.0424. The standard InChI is InChI=1S/C14H15ClOS/c1-10-6-7-14(17-10)13(15)9-11-4-3-5-12(8-11)16-2/h3-8,13H,9H2,1-2H3. The number of benzene rings is 1. The minimum atomic E-state index is 0.0424. The Balaban J connectivity index is 2.09. The molecule has 1 heterocycles. The molecule has 1 aromatic heterocycles. The van der Waals surface area contributed by atoms with Gasteiger partial charge < -0.3 is 4.74 Å². The second kappa shape index (κ2) is 5.56. The van der Waals surface area contributed by atoms with Crippen LogP contribution in [-0.2, 0) is 6.42 Å². The number of hydrogen-bond donors (Lipinski definition) is 0. The molecule has 0 radical (unpaired) electrons. The molecule has 0 saturated carbocycles. The molecule has 0 N–H and O–H groups in total. The minimum absolute atomic E-state index is 0.0424. The number of rotatable bonds is 4. The summed E-state index contributed by atoms with van der Waals surface area (Å²) in [6.45, 7) is 2.10. The second-order valence-electron chi connectivity index (χ2n) is 3.97. The number of hydrogen-bond acceptors (Lipinski definition) is 2. The molecule has 0 aliphatic heterocycles. The lowest BCUT2D eigenvalue weighted by Gasteiger charge is -2.08. The van der Waals surface area contributed by atoms with E-state index in [1.165, 1.54) is 15.3 Å². The van der Waals surface area contributed by atoms with E-state index in [0.29, 0.717) is 0 Å². The van der Waals surface area contributed by atoms with Crippen molar-refractivity contribution in [3.63, 3.8) is 0 Å². The van der Waals surface area contributed by atoms with Gasteiger partial charge in [-0.2, -0.15) is 0 Å². The summed E-state index contributed by atoms with van der Waals surface area (Å²) in [5.74, 6) is 0.883. The van der Waals surface area contributed by atoms with Gasteiger partial charge in [0.15, 0.2) is 0 Å². The Labute approximate surface area is 111 Å². The zero-order valence-corrected chi connectivity index (χ0v) is 11.5. The van der Waals surface area contributed by atoms with Crippen LogP contribution in [0.4, 0.5) is 0 Å². The lowest BCUT2D eigenvalue weighted by atomic mass is 10.1. The van der Waals surface area contributed by atoms with Crippen molar-refractivity contribution in [2.75, 3.05) is 7.11 Å². The number of aryl methyl sites for hydroxylation is 1. The lowest BCUT2D eigenvalue weighted by molar-refractivity contribution is 0.414. The summed E-state index contributed by atoms with van der Waals surface area (Å²) in [6, 6.07) is 12.3. The molecule has 0 fully saturated rings. The van der Waals surface area contributed by atoms with Crippen LogP contribution in [-0.4, -0.2) is 7.11 Å². The Bertz CT molecular complexity index is 492. The molecule has 0 spiro atoms. The summed E-state index contributed by atoms with van der Waals surface area (Å²) >= 11 is 8.18. The van der Waals surface area contributed by atoms with Crippen LogP contribution in [0.3, 0.4) is 0 Å². The Kier molecular flexibility index (Phi) is 4.08. The van der Waals surface area contributed by atoms with Gasteiger partial charge in [-0.25, -0.2) is 0 Å². The largest absolute Gasteiger partial charge is 0.497 e. The van der Waals surface area contributed by atoms with Crippen molar-refractivity contribution < 1.29 is 4.74 Å². The molecule has 17 heavy (non-hydrogen) atoms.